The van der Waals surface area contributed by atoms with Crippen LogP contribution >= 0.6 is 0 Å². The first-order valence-corrected chi connectivity index (χ1v) is 6.50. The molecule has 0 saturated carbocycles. The van der Waals surface area contributed by atoms with Crippen molar-refractivity contribution in [3.8, 4) is 0 Å². The van der Waals surface area contributed by atoms with Crippen molar-refractivity contribution in [2.75, 3.05) is 7.11 Å². The van der Waals surface area contributed by atoms with Gasteiger partial charge in [0.25, 0.3) is 0 Å². The molecule has 1 aromatic carbocycles. The van der Waals surface area contributed by atoms with E-state index in [4.69, 9.17) is 0 Å². The van der Waals surface area contributed by atoms with Crippen molar-refractivity contribution in [1.82, 2.24) is 0 Å². The maximum atomic E-state index is 14.6. The minimum Gasteiger partial charge on any atom is -0.465 e. The summed E-state index contributed by atoms with van der Waals surface area (Å²) in [5, 5.41) is 0. The number of halogens is 4. The van der Waals surface area contributed by atoms with Gasteiger partial charge in [-0.3, -0.25) is 0 Å². The monoisotopic (exact) mass is 314 g/mol. The largest absolute Gasteiger partial charge is 0.465 e. The quantitative estimate of drug-likeness (QED) is 0.605. The summed E-state index contributed by atoms with van der Waals surface area (Å²) in [4.78, 5) is 11.5. The first-order valence-electron chi connectivity index (χ1n) is 6.50. The van der Waals surface area contributed by atoms with E-state index in [0.29, 0.717) is 6.92 Å². The van der Waals surface area contributed by atoms with E-state index in [1.54, 1.807) is 19.1 Å². The fraction of sp³-hybridized carbons (Fsp3) is 0.312. The van der Waals surface area contributed by atoms with Crippen LogP contribution in [-0.4, -0.2) is 24.9 Å². The van der Waals surface area contributed by atoms with Crippen molar-refractivity contribution in [2.24, 2.45) is 0 Å². The van der Waals surface area contributed by atoms with Crippen molar-refractivity contribution in [3.63, 3.8) is 0 Å². The van der Waals surface area contributed by atoms with E-state index in [-0.39, 0.29) is 5.56 Å². The molecule has 0 aromatic heterocycles. The summed E-state index contributed by atoms with van der Waals surface area (Å²) >= 11 is 0. The van der Waals surface area contributed by atoms with E-state index < -0.39 is 40.6 Å². The van der Waals surface area contributed by atoms with Crippen LogP contribution in [0.1, 0.15) is 18.1 Å². The number of benzene rings is 1. The minimum atomic E-state index is -3.03. The number of carbonyl (C=O) groups is 1. The number of hydrogen-bond donors (Lipinski definition) is 0. The molecule has 6 heteroatoms. The van der Waals surface area contributed by atoms with Gasteiger partial charge >= 0.3 is 5.97 Å². The van der Waals surface area contributed by atoms with Gasteiger partial charge in [-0.1, -0.05) is 29.8 Å². The molecule has 0 saturated heterocycles. The van der Waals surface area contributed by atoms with Gasteiger partial charge in [0.15, 0.2) is 23.5 Å². The van der Waals surface area contributed by atoms with Crippen LogP contribution in [0.3, 0.4) is 0 Å². The second-order valence-electron chi connectivity index (χ2n) is 5.21. The lowest BCUT2D eigenvalue weighted by atomic mass is 9.80. The molecule has 2 rings (SSSR count). The number of alkyl halides is 2. The molecule has 0 fully saturated rings. The molecule has 2 nitrogen and oxygen atoms in total. The van der Waals surface area contributed by atoms with E-state index in [9.17, 15) is 22.4 Å². The summed E-state index contributed by atoms with van der Waals surface area (Å²) < 4.78 is 61.7. The number of esters is 1. The Balaban J connectivity index is 2.69. The Morgan fingerprint density at radius 3 is 2.23 bits per heavy atom. The third-order valence-electron chi connectivity index (χ3n) is 3.62. The van der Waals surface area contributed by atoms with Crippen LogP contribution < -0.4 is 0 Å². The molecule has 0 bridgehead atoms. The van der Waals surface area contributed by atoms with E-state index >= 15 is 0 Å². The maximum Gasteiger partial charge on any atom is 0.340 e. The Morgan fingerprint density at radius 1 is 1.18 bits per heavy atom. The predicted octanol–water partition coefficient (Wildman–Crippen LogP) is 4.15. The van der Waals surface area contributed by atoms with Crippen LogP contribution in [0.4, 0.5) is 17.6 Å². The number of carbonyl (C=O) groups excluding carboxylic acids is 1. The molecule has 0 N–H and O–H groups in total. The zero-order valence-corrected chi connectivity index (χ0v) is 12.2. The second-order valence-corrected chi connectivity index (χ2v) is 5.21. The fourth-order valence-corrected chi connectivity index (χ4v) is 2.35. The van der Waals surface area contributed by atoms with Gasteiger partial charge in [0.1, 0.15) is 5.57 Å². The van der Waals surface area contributed by atoms with Gasteiger partial charge in [-0.15, -0.1) is 0 Å². The molecule has 0 spiro atoms. The zero-order valence-electron chi connectivity index (χ0n) is 12.2. The van der Waals surface area contributed by atoms with Gasteiger partial charge in [-0.05, 0) is 19.4 Å². The van der Waals surface area contributed by atoms with Gasteiger partial charge in [0.05, 0.1) is 7.11 Å². The number of rotatable bonds is 2. The van der Waals surface area contributed by atoms with E-state index in [0.717, 1.165) is 12.7 Å². The molecule has 2 atom stereocenters. The van der Waals surface area contributed by atoms with E-state index in [1.807, 2.05) is 0 Å². The van der Waals surface area contributed by atoms with Crippen LogP contribution in [0.5, 0.6) is 0 Å². The van der Waals surface area contributed by atoms with Gasteiger partial charge in [0.2, 0.25) is 0 Å². The van der Waals surface area contributed by atoms with Crippen LogP contribution in [0.15, 0.2) is 41.5 Å². The SMILES string of the molecule is COC(=O)C1=C(F)C(F)=C(c2ccc(C)cc2)C(F)C1(C)F. The molecular weight excluding hydrogens is 300 g/mol. The normalized spacial score (nSPS) is 25.5. The highest BCUT2D eigenvalue weighted by molar-refractivity contribution is 5.95. The van der Waals surface area contributed by atoms with E-state index in [2.05, 4.69) is 4.74 Å². The fourth-order valence-electron chi connectivity index (χ4n) is 2.35. The molecule has 1 aliphatic rings. The Hall–Kier alpha value is -2.11. The first kappa shape index (κ1) is 16.3. The van der Waals surface area contributed by atoms with Crippen molar-refractivity contribution in [1.29, 1.82) is 0 Å². The van der Waals surface area contributed by atoms with Gasteiger partial charge in [-0.25, -0.2) is 22.4 Å². The summed E-state index contributed by atoms with van der Waals surface area (Å²) in [6.07, 6.45) is -2.54. The summed E-state index contributed by atoms with van der Waals surface area (Å²) in [6, 6.07) is 5.86. The summed E-state index contributed by atoms with van der Waals surface area (Å²) in [5.41, 5.74) is -4.23. The topological polar surface area (TPSA) is 26.3 Å². The second kappa shape index (κ2) is 5.59. The number of ether oxygens (including phenoxy) is 1. The van der Waals surface area contributed by atoms with Gasteiger partial charge < -0.3 is 4.74 Å². The van der Waals surface area contributed by atoms with Crippen LogP contribution in [0.25, 0.3) is 5.57 Å². The highest BCUT2D eigenvalue weighted by Crippen LogP contribution is 2.47. The number of methoxy groups -OCH3 is 1. The Morgan fingerprint density at radius 2 is 1.73 bits per heavy atom. The number of aryl methyl sites for hydroxylation is 1. The average molecular weight is 314 g/mol. The van der Waals surface area contributed by atoms with E-state index in [1.165, 1.54) is 12.1 Å². The highest BCUT2D eigenvalue weighted by atomic mass is 19.2. The van der Waals surface area contributed by atoms with Crippen LogP contribution in [0.2, 0.25) is 0 Å². The number of hydrogen-bond acceptors (Lipinski definition) is 2. The summed E-state index contributed by atoms with van der Waals surface area (Å²) in [6.45, 7) is 2.45. The average Bonchev–Trinajstić information content (AvgIpc) is 2.47. The molecule has 1 aliphatic carbocycles. The molecule has 0 amide bonds. The molecule has 0 aliphatic heterocycles. The maximum absolute atomic E-state index is 14.6. The third kappa shape index (κ3) is 2.42. The summed E-state index contributed by atoms with van der Waals surface area (Å²) in [5.74, 6) is -4.77. The van der Waals surface area contributed by atoms with Crippen LogP contribution in [0, 0.1) is 6.92 Å². The minimum absolute atomic E-state index is 0.0125. The zero-order chi connectivity index (χ0) is 16.7. The Labute approximate surface area is 125 Å². The Bertz CT molecular complexity index is 672. The lowest BCUT2D eigenvalue weighted by Gasteiger charge is -2.32. The molecule has 0 heterocycles. The molecule has 22 heavy (non-hydrogen) atoms. The van der Waals surface area contributed by atoms with Crippen molar-refractivity contribution in [3.05, 3.63) is 52.6 Å². The molecule has 118 valence electrons. The standard InChI is InChI=1S/C16H14F4O2/c1-8-4-6-9(7-5-8)10-12(17)13(18)11(15(21)22-3)16(2,20)14(10)19/h4-7,14H,1-3H3. The lowest BCUT2D eigenvalue weighted by Crippen LogP contribution is -2.41. The molecular formula is C16H14F4O2. The molecule has 0 radical (unpaired) electrons. The van der Waals surface area contributed by atoms with Crippen molar-refractivity contribution >= 4 is 11.5 Å². The molecule has 2 unspecified atom stereocenters. The predicted molar refractivity (Wildman–Crippen MR) is 73.8 cm³/mol. The highest BCUT2D eigenvalue weighted by Gasteiger charge is 2.52. The lowest BCUT2D eigenvalue weighted by molar-refractivity contribution is -0.138. The van der Waals surface area contributed by atoms with Gasteiger partial charge in [0, 0.05) is 5.57 Å². The first-order chi connectivity index (χ1) is 10.2. The third-order valence-corrected chi connectivity index (χ3v) is 3.62. The smallest absolute Gasteiger partial charge is 0.340 e. The Kier molecular flexibility index (Phi) is 4.13. The van der Waals surface area contributed by atoms with Crippen LogP contribution in [-0.2, 0) is 9.53 Å². The van der Waals surface area contributed by atoms with Crippen molar-refractivity contribution < 1.29 is 27.1 Å². The number of allylic oxidation sites excluding steroid dienone is 3. The molecule has 1 aromatic rings. The van der Waals surface area contributed by atoms with Gasteiger partial charge in [-0.2, -0.15) is 0 Å². The summed E-state index contributed by atoms with van der Waals surface area (Å²) in [7, 11) is 0.878. The van der Waals surface area contributed by atoms with Crippen molar-refractivity contribution in [2.45, 2.75) is 25.7 Å².